The molecule has 0 amide bonds. The van der Waals surface area contributed by atoms with Crippen LogP contribution in [0.3, 0.4) is 0 Å². The molecule has 4 nitrogen and oxygen atoms in total. The number of benzene rings is 2. The number of nitrogens with two attached hydrogens (primary N) is 1. The Kier molecular flexibility index (Phi) is 4.70. The van der Waals surface area contributed by atoms with Gasteiger partial charge in [-0.3, -0.25) is 0 Å². The third-order valence-electron chi connectivity index (χ3n) is 3.72. The van der Waals surface area contributed by atoms with Crippen LogP contribution in [0.2, 0.25) is 0 Å². The molecule has 0 bridgehead atoms. The Morgan fingerprint density at radius 1 is 1.00 bits per heavy atom. The Morgan fingerprint density at radius 3 is 2.42 bits per heavy atom. The molecule has 122 valence electrons. The molecule has 0 spiro atoms. The molecule has 3 aromatic rings. The Hall–Kier alpha value is -2.95. The first-order valence-electron chi connectivity index (χ1n) is 7.80. The van der Waals surface area contributed by atoms with Crippen molar-refractivity contribution in [1.29, 1.82) is 0 Å². The van der Waals surface area contributed by atoms with E-state index in [2.05, 4.69) is 46.5 Å². The van der Waals surface area contributed by atoms with Crippen molar-refractivity contribution in [3.05, 3.63) is 71.5 Å². The number of hydrogen-bond donors (Lipinski definition) is 2. The lowest BCUT2D eigenvalue weighted by atomic mass is 10.1. The van der Waals surface area contributed by atoms with Crippen LogP contribution in [0.5, 0.6) is 0 Å². The summed E-state index contributed by atoms with van der Waals surface area (Å²) in [5, 5.41) is 3.26. The second kappa shape index (κ2) is 7.08. The highest BCUT2D eigenvalue weighted by Gasteiger charge is 2.05. The van der Waals surface area contributed by atoms with Crippen LogP contribution in [0.4, 0.5) is 16.2 Å². The first-order chi connectivity index (χ1) is 11.6. The molecule has 5 heteroatoms. The summed E-state index contributed by atoms with van der Waals surface area (Å²) in [6.07, 6.45) is 0.885. The Labute approximate surface area is 140 Å². The zero-order chi connectivity index (χ0) is 16.9. The van der Waals surface area contributed by atoms with Crippen LogP contribution >= 0.6 is 0 Å². The summed E-state index contributed by atoms with van der Waals surface area (Å²) in [5.41, 5.74) is 9.76. The van der Waals surface area contributed by atoms with Crippen molar-refractivity contribution in [2.75, 3.05) is 17.6 Å². The lowest BCUT2D eigenvalue weighted by Gasteiger charge is -2.09. The Bertz CT molecular complexity index is 814. The van der Waals surface area contributed by atoms with Crippen molar-refractivity contribution < 1.29 is 4.39 Å². The van der Waals surface area contributed by atoms with E-state index in [-0.39, 0.29) is 11.8 Å². The maximum absolute atomic E-state index is 13.0. The number of nitrogen functional groups attached to an aromatic ring is 1. The standard InChI is InChI=1S/C19H19FN4/c1-13-2-4-14(5-3-13)10-11-22-18-12-17(23-19(21)24-18)15-6-8-16(20)9-7-15/h2-9,12H,10-11H2,1H3,(H3,21,22,23,24). The molecule has 0 aliphatic carbocycles. The highest BCUT2D eigenvalue weighted by Crippen LogP contribution is 2.21. The molecule has 0 aliphatic heterocycles. The zero-order valence-corrected chi connectivity index (χ0v) is 13.5. The molecule has 2 aromatic carbocycles. The Balaban J connectivity index is 1.69. The predicted octanol–water partition coefficient (Wildman–Crippen LogP) is 3.83. The van der Waals surface area contributed by atoms with Gasteiger partial charge in [0, 0.05) is 18.2 Å². The summed E-state index contributed by atoms with van der Waals surface area (Å²) in [6, 6.07) is 16.4. The highest BCUT2D eigenvalue weighted by atomic mass is 19.1. The van der Waals surface area contributed by atoms with Gasteiger partial charge >= 0.3 is 0 Å². The van der Waals surface area contributed by atoms with Crippen LogP contribution in [0.25, 0.3) is 11.3 Å². The van der Waals surface area contributed by atoms with Gasteiger partial charge in [-0.1, -0.05) is 29.8 Å². The SMILES string of the molecule is Cc1ccc(CCNc2cc(-c3ccc(F)cc3)nc(N)n2)cc1. The summed E-state index contributed by atoms with van der Waals surface area (Å²) < 4.78 is 13.0. The van der Waals surface area contributed by atoms with Gasteiger partial charge in [-0.2, -0.15) is 4.98 Å². The minimum atomic E-state index is -0.280. The molecule has 0 unspecified atom stereocenters. The monoisotopic (exact) mass is 322 g/mol. The van der Waals surface area contributed by atoms with Gasteiger partial charge in [-0.05, 0) is 43.2 Å². The van der Waals surface area contributed by atoms with Crippen molar-refractivity contribution in [2.24, 2.45) is 0 Å². The van der Waals surface area contributed by atoms with Crippen molar-refractivity contribution in [3.8, 4) is 11.3 Å². The molecule has 0 saturated carbocycles. The van der Waals surface area contributed by atoms with Gasteiger partial charge in [0.25, 0.3) is 0 Å². The number of rotatable bonds is 5. The van der Waals surface area contributed by atoms with Crippen molar-refractivity contribution in [1.82, 2.24) is 9.97 Å². The summed E-state index contributed by atoms with van der Waals surface area (Å²) in [7, 11) is 0. The largest absolute Gasteiger partial charge is 0.370 e. The molecule has 0 saturated heterocycles. The smallest absolute Gasteiger partial charge is 0.222 e. The molecular formula is C19H19FN4. The molecule has 0 aliphatic rings. The van der Waals surface area contributed by atoms with E-state index < -0.39 is 0 Å². The van der Waals surface area contributed by atoms with Crippen LogP contribution in [0.1, 0.15) is 11.1 Å². The van der Waals surface area contributed by atoms with Gasteiger partial charge in [0.05, 0.1) is 5.69 Å². The fourth-order valence-corrected chi connectivity index (χ4v) is 2.41. The van der Waals surface area contributed by atoms with E-state index in [1.54, 1.807) is 12.1 Å². The van der Waals surface area contributed by atoms with E-state index in [1.807, 2.05) is 6.07 Å². The maximum Gasteiger partial charge on any atom is 0.222 e. The number of nitrogens with one attached hydrogen (secondary N) is 1. The number of anilines is 2. The number of halogens is 1. The third-order valence-corrected chi connectivity index (χ3v) is 3.72. The summed E-state index contributed by atoms with van der Waals surface area (Å²) in [5.74, 6) is 0.570. The lowest BCUT2D eigenvalue weighted by molar-refractivity contribution is 0.628. The normalized spacial score (nSPS) is 10.6. The van der Waals surface area contributed by atoms with Crippen molar-refractivity contribution in [3.63, 3.8) is 0 Å². The maximum atomic E-state index is 13.0. The number of aromatic nitrogens is 2. The molecule has 1 aromatic heterocycles. The zero-order valence-electron chi connectivity index (χ0n) is 13.5. The molecule has 0 atom stereocenters. The van der Waals surface area contributed by atoms with Gasteiger partial charge in [0.1, 0.15) is 11.6 Å². The van der Waals surface area contributed by atoms with E-state index in [0.29, 0.717) is 11.5 Å². The summed E-state index contributed by atoms with van der Waals surface area (Å²) >= 11 is 0. The average molecular weight is 322 g/mol. The van der Waals surface area contributed by atoms with E-state index in [0.717, 1.165) is 18.5 Å². The van der Waals surface area contributed by atoms with Crippen molar-refractivity contribution in [2.45, 2.75) is 13.3 Å². The van der Waals surface area contributed by atoms with Crippen LogP contribution in [-0.4, -0.2) is 16.5 Å². The lowest BCUT2D eigenvalue weighted by Crippen LogP contribution is -2.08. The molecule has 24 heavy (non-hydrogen) atoms. The number of nitrogens with zero attached hydrogens (tertiary/aromatic N) is 2. The van der Waals surface area contributed by atoms with E-state index in [1.165, 1.54) is 23.3 Å². The minimum Gasteiger partial charge on any atom is -0.370 e. The molecule has 0 radical (unpaired) electrons. The van der Waals surface area contributed by atoms with Gasteiger partial charge < -0.3 is 11.1 Å². The molecule has 3 N–H and O–H groups in total. The fraction of sp³-hybridized carbons (Fsp3) is 0.158. The van der Waals surface area contributed by atoms with Gasteiger partial charge in [0.2, 0.25) is 5.95 Å². The first-order valence-corrected chi connectivity index (χ1v) is 7.80. The second-order valence-electron chi connectivity index (χ2n) is 5.67. The molecular weight excluding hydrogens is 303 g/mol. The minimum absolute atomic E-state index is 0.190. The topological polar surface area (TPSA) is 63.8 Å². The average Bonchev–Trinajstić information content (AvgIpc) is 2.57. The fourth-order valence-electron chi connectivity index (χ4n) is 2.41. The van der Waals surface area contributed by atoms with Crippen molar-refractivity contribution >= 4 is 11.8 Å². The predicted molar refractivity (Wildman–Crippen MR) is 95.2 cm³/mol. The highest BCUT2D eigenvalue weighted by molar-refractivity contribution is 5.63. The van der Waals surface area contributed by atoms with Crippen LogP contribution < -0.4 is 11.1 Å². The quantitative estimate of drug-likeness (QED) is 0.749. The van der Waals surface area contributed by atoms with E-state index in [4.69, 9.17) is 5.73 Å². The summed E-state index contributed by atoms with van der Waals surface area (Å²) in [6.45, 7) is 2.81. The molecule has 1 heterocycles. The van der Waals surface area contributed by atoms with Crippen LogP contribution in [0.15, 0.2) is 54.6 Å². The van der Waals surface area contributed by atoms with Crippen LogP contribution in [0, 0.1) is 12.7 Å². The second-order valence-corrected chi connectivity index (χ2v) is 5.67. The number of aryl methyl sites for hydroxylation is 1. The molecule has 3 rings (SSSR count). The van der Waals surface area contributed by atoms with Gasteiger partial charge in [-0.25, -0.2) is 9.37 Å². The summed E-state index contributed by atoms with van der Waals surface area (Å²) in [4.78, 5) is 8.42. The first kappa shape index (κ1) is 15.9. The van der Waals surface area contributed by atoms with E-state index in [9.17, 15) is 4.39 Å². The third kappa shape index (κ3) is 4.07. The van der Waals surface area contributed by atoms with E-state index >= 15 is 0 Å². The molecule has 0 fully saturated rings. The van der Waals surface area contributed by atoms with Gasteiger partial charge in [0.15, 0.2) is 0 Å². The van der Waals surface area contributed by atoms with Crippen LogP contribution in [-0.2, 0) is 6.42 Å². The Morgan fingerprint density at radius 2 is 1.71 bits per heavy atom. The number of hydrogen-bond acceptors (Lipinski definition) is 4. The van der Waals surface area contributed by atoms with Gasteiger partial charge in [-0.15, -0.1) is 0 Å².